The Morgan fingerprint density at radius 3 is 2.83 bits per heavy atom. The van der Waals surface area contributed by atoms with E-state index < -0.39 is 0 Å². The Kier molecular flexibility index (Phi) is 4.52. The first-order chi connectivity index (χ1) is 8.74. The number of aromatic nitrogens is 1. The van der Waals surface area contributed by atoms with Crippen LogP contribution in [0.4, 0.5) is 0 Å². The number of pyridine rings is 1. The third-order valence-electron chi connectivity index (χ3n) is 3.16. The molecule has 0 aliphatic carbocycles. The summed E-state index contributed by atoms with van der Waals surface area (Å²) in [4.78, 5) is 4.20. The molecule has 0 spiro atoms. The Labute approximate surface area is 108 Å². The molecular weight excluding hydrogens is 230 g/mol. The molecule has 2 rings (SSSR count). The summed E-state index contributed by atoms with van der Waals surface area (Å²) in [5, 5.41) is 17.0. The Hall–Kier alpha value is -1.17. The summed E-state index contributed by atoms with van der Waals surface area (Å²) in [6.07, 6.45) is 2.87. The van der Waals surface area contributed by atoms with Gasteiger partial charge in [0, 0.05) is 23.9 Å². The Morgan fingerprint density at radius 2 is 2.17 bits per heavy atom. The number of rotatable bonds is 4. The highest BCUT2D eigenvalue weighted by Gasteiger charge is 2.22. The van der Waals surface area contributed by atoms with Crippen LogP contribution in [0.15, 0.2) is 6.20 Å². The zero-order valence-electron chi connectivity index (χ0n) is 11.0. The lowest BCUT2D eigenvalue weighted by atomic mass is 10.0. The van der Waals surface area contributed by atoms with Crippen molar-refractivity contribution < 1.29 is 9.84 Å². The highest BCUT2D eigenvalue weighted by atomic mass is 16.5. The lowest BCUT2D eigenvalue weighted by molar-refractivity contribution is 0.132. The first-order valence-corrected chi connectivity index (χ1v) is 6.46. The van der Waals surface area contributed by atoms with Gasteiger partial charge in [0.25, 0.3) is 0 Å². The molecule has 1 aliphatic rings. The van der Waals surface area contributed by atoms with E-state index in [-0.39, 0.29) is 11.9 Å². The average Bonchev–Trinajstić information content (AvgIpc) is 2.41. The average molecular weight is 251 g/mol. The maximum absolute atomic E-state index is 10.2. The van der Waals surface area contributed by atoms with E-state index in [0.717, 1.165) is 30.6 Å². The van der Waals surface area contributed by atoms with Gasteiger partial charge in [0.2, 0.25) is 0 Å². The number of aromatic hydroxyl groups is 1. The second-order valence-corrected chi connectivity index (χ2v) is 4.46. The van der Waals surface area contributed by atoms with Crippen LogP contribution in [-0.4, -0.2) is 29.8 Å². The summed E-state index contributed by atoms with van der Waals surface area (Å²) in [5.74, 6) is 0.263. The van der Waals surface area contributed by atoms with Crippen molar-refractivity contribution >= 4 is 0 Å². The first kappa shape index (κ1) is 13.3. The van der Waals surface area contributed by atoms with Gasteiger partial charge in [-0.2, -0.15) is 0 Å². The van der Waals surface area contributed by atoms with Crippen molar-refractivity contribution in [1.29, 1.82) is 0 Å². The van der Waals surface area contributed by atoms with Crippen LogP contribution >= 0.6 is 0 Å². The largest absolute Gasteiger partial charge is 0.506 e. The summed E-state index contributed by atoms with van der Waals surface area (Å²) in [7, 11) is 0. The smallest absolute Gasteiger partial charge is 0.143 e. The molecule has 0 unspecified atom stereocenters. The van der Waals surface area contributed by atoms with Gasteiger partial charge in [-0.15, -0.1) is 0 Å². The fourth-order valence-corrected chi connectivity index (χ4v) is 2.16. The molecule has 0 radical (unpaired) electrons. The molecule has 0 amide bonds. The maximum Gasteiger partial charge on any atom is 0.143 e. The zero-order chi connectivity index (χ0) is 13.0. The van der Waals surface area contributed by atoms with Gasteiger partial charge in [-0.05, 0) is 33.4 Å². The molecule has 1 fully saturated rings. The molecule has 1 saturated heterocycles. The van der Waals surface area contributed by atoms with Crippen LogP contribution in [0, 0.1) is 6.92 Å². The minimum atomic E-state index is -0.0177. The summed E-state index contributed by atoms with van der Waals surface area (Å²) < 4.78 is 5.44. The summed E-state index contributed by atoms with van der Waals surface area (Å²) in [6, 6.07) is 0. The Morgan fingerprint density at radius 1 is 1.44 bits per heavy atom. The molecule has 3 N–H and O–H groups in total. The Balaban J connectivity index is 2.30. The molecule has 2 heterocycles. The van der Waals surface area contributed by atoms with Crippen LogP contribution < -0.4 is 10.6 Å². The van der Waals surface area contributed by atoms with Crippen molar-refractivity contribution in [1.82, 2.24) is 15.6 Å². The number of ether oxygens (including phenoxy) is 1. The molecule has 1 aromatic heterocycles. The number of hydrogen-bond acceptors (Lipinski definition) is 5. The standard InChI is InChI=1S/C13H21N3O2/c1-3-18-8-10-7-16-9(2)12(17)11(10)13-14-5-4-6-15-13/h7,13-15,17H,3-6,8H2,1-2H3. The lowest BCUT2D eigenvalue weighted by Gasteiger charge is -2.28. The summed E-state index contributed by atoms with van der Waals surface area (Å²) in [6.45, 7) is 6.80. The zero-order valence-corrected chi connectivity index (χ0v) is 11.0. The van der Waals surface area contributed by atoms with E-state index in [0.29, 0.717) is 18.9 Å². The van der Waals surface area contributed by atoms with Crippen LogP contribution in [0.1, 0.15) is 36.3 Å². The monoisotopic (exact) mass is 251 g/mol. The third kappa shape index (κ3) is 2.80. The van der Waals surface area contributed by atoms with Crippen LogP contribution in [0.5, 0.6) is 5.75 Å². The molecule has 0 bridgehead atoms. The summed E-state index contributed by atoms with van der Waals surface area (Å²) in [5.41, 5.74) is 2.46. The molecule has 18 heavy (non-hydrogen) atoms. The molecule has 1 aromatic rings. The topological polar surface area (TPSA) is 66.4 Å². The second-order valence-electron chi connectivity index (χ2n) is 4.46. The van der Waals surface area contributed by atoms with Crippen molar-refractivity contribution in [2.75, 3.05) is 19.7 Å². The van der Waals surface area contributed by atoms with Gasteiger partial charge >= 0.3 is 0 Å². The minimum Gasteiger partial charge on any atom is -0.506 e. The van der Waals surface area contributed by atoms with Gasteiger partial charge in [-0.1, -0.05) is 0 Å². The van der Waals surface area contributed by atoms with Crippen molar-refractivity contribution in [3.05, 3.63) is 23.0 Å². The number of nitrogens with one attached hydrogen (secondary N) is 2. The molecule has 5 nitrogen and oxygen atoms in total. The van der Waals surface area contributed by atoms with E-state index >= 15 is 0 Å². The van der Waals surface area contributed by atoms with E-state index in [1.807, 2.05) is 13.8 Å². The van der Waals surface area contributed by atoms with E-state index in [9.17, 15) is 5.11 Å². The minimum absolute atomic E-state index is 0.0177. The number of nitrogens with zero attached hydrogens (tertiary/aromatic N) is 1. The molecule has 0 atom stereocenters. The lowest BCUT2D eigenvalue weighted by Crippen LogP contribution is -2.41. The van der Waals surface area contributed by atoms with Crippen molar-refractivity contribution in [3.63, 3.8) is 0 Å². The number of hydrogen-bond donors (Lipinski definition) is 3. The van der Waals surface area contributed by atoms with Crippen molar-refractivity contribution in [2.24, 2.45) is 0 Å². The normalized spacial score (nSPS) is 17.0. The fraction of sp³-hybridized carbons (Fsp3) is 0.615. The van der Waals surface area contributed by atoms with E-state index in [4.69, 9.17) is 4.74 Å². The van der Waals surface area contributed by atoms with Gasteiger partial charge in [0.15, 0.2) is 0 Å². The van der Waals surface area contributed by atoms with Gasteiger partial charge in [0.1, 0.15) is 5.75 Å². The highest BCUT2D eigenvalue weighted by molar-refractivity contribution is 5.42. The molecule has 0 saturated carbocycles. The first-order valence-electron chi connectivity index (χ1n) is 6.46. The number of aryl methyl sites for hydroxylation is 1. The third-order valence-corrected chi connectivity index (χ3v) is 3.16. The van der Waals surface area contributed by atoms with Crippen molar-refractivity contribution in [2.45, 2.75) is 33.0 Å². The van der Waals surface area contributed by atoms with Gasteiger partial charge in [-0.3, -0.25) is 15.6 Å². The second kappa shape index (κ2) is 6.13. The van der Waals surface area contributed by atoms with E-state index in [1.54, 1.807) is 6.20 Å². The molecular formula is C13H21N3O2. The van der Waals surface area contributed by atoms with Gasteiger partial charge in [-0.25, -0.2) is 0 Å². The quantitative estimate of drug-likeness (QED) is 0.750. The van der Waals surface area contributed by atoms with Crippen LogP contribution in [0.3, 0.4) is 0 Å². The van der Waals surface area contributed by atoms with Crippen LogP contribution in [-0.2, 0) is 11.3 Å². The molecule has 100 valence electrons. The molecule has 1 aliphatic heterocycles. The van der Waals surface area contributed by atoms with E-state index in [1.165, 1.54) is 0 Å². The predicted molar refractivity (Wildman–Crippen MR) is 69.3 cm³/mol. The van der Waals surface area contributed by atoms with Gasteiger partial charge in [0.05, 0.1) is 18.5 Å². The predicted octanol–water partition coefficient (Wildman–Crippen LogP) is 1.21. The van der Waals surface area contributed by atoms with Crippen LogP contribution in [0.25, 0.3) is 0 Å². The summed E-state index contributed by atoms with van der Waals surface area (Å²) >= 11 is 0. The Bertz CT molecular complexity index is 403. The van der Waals surface area contributed by atoms with Crippen molar-refractivity contribution in [3.8, 4) is 5.75 Å². The molecule has 0 aromatic carbocycles. The fourth-order valence-electron chi connectivity index (χ4n) is 2.16. The SMILES string of the molecule is CCOCc1cnc(C)c(O)c1C1NCCCN1. The van der Waals surface area contributed by atoms with E-state index in [2.05, 4.69) is 15.6 Å². The highest BCUT2D eigenvalue weighted by Crippen LogP contribution is 2.29. The van der Waals surface area contributed by atoms with Gasteiger partial charge < -0.3 is 9.84 Å². The molecule has 5 heteroatoms. The van der Waals surface area contributed by atoms with Crippen LogP contribution in [0.2, 0.25) is 0 Å². The maximum atomic E-state index is 10.2.